The monoisotopic (exact) mass is 258 g/mol. The van der Waals surface area contributed by atoms with Crippen LogP contribution in [-0.2, 0) is 0 Å². The van der Waals surface area contributed by atoms with E-state index in [1.165, 1.54) is 28.0 Å². The van der Waals surface area contributed by atoms with E-state index in [0.717, 1.165) is 0 Å². The lowest BCUT2D eigenvalue weighted by molar-refractivity contribution is 0.628. The molecule has 0 bridgehead atoms. The van der Waals surface area contributed by atoms with Gasteiger partial charge < -0.3 is 0 Å². The molecule has 0 saturated heterocycles. The molecule has 0 N–H and O–H groups in total. The Kier molecular flexibility index (Phi) is 2.35. The number of hydrogen-bond acceptors (Lipinski definition) is 4. The molecule has 88 valence electrons. The molecule has 3 rings (SSSR count). The summed E-state index contributed by atoms with van der Waals surface area (Å²) in [4.78, 5) is 4.90. The Bertz CT molecular complexity index is 781. The predicted molar refractivity (Wildman–Crippen MR) is 65.7 cm³/mol. The first-order valence-electron chi connectivity index (χ1n) is 5.21. The first-order chi connectivity index (χ1) is 8.69. The number of benzene rings is 1. The Morgan fingerprint density at radius 3 is 3.00 bits per heavy atom. The van der Waals surface area contributed by atoms with Crippen molar-refractivity contribution in [3.05, 3.63) is 41.5 Å². The Morgan fingerprint density at radius 1 is 1.44 bits per heavy atom. The third kappa shape index (κ3) is 1.57. The average molecular weight is 258 g/mol. The minimum atomic E-state index is -0.308. The minimum Gasteiger partial charge on any atom is -0.221 e. The minimum absolute atomic E-state index is 0.308. The molecule has 0 aliphatic heterocycles. The summed E-state index contributed by atoms with van der Waals surface area (Å²) in [6.07, 6.45) is 0. The molecule has 3 aromatic rings. The lowest BCUT2D eigenvalue weighted by atomic mass is 10.2. The van der Waals surface area contributed by atoms with Crippen molar-refractivity contribution < 1.29 is 4.39 Å². The fraction of sp³-hybridized carbons (Fsp3) is 0.0833. The van der Waals surface area contributed by atoms with Crippen LogP contribution in [0.5, 0.6) is 0 Å². The molecule has 0 amide bonds. The second-order valence-electron chi connectivity index (χ2n) is 3.77. The summed E-state index contributed by atoms with van der Waals surface area (Å²) in [5.74, 6) is -0.308. The van der Waals surface area contributed by atoms with Crippen LogP contribution in [-0.4, -0.2) is 14.6 Å². The van der Waals surface area contributed by atoms with Crippen molar-refractivity contribution in [1.29, 1.82) is 5.26 Å². The summed E-state index contributed by atoms with van der Waals surface area (Å²) in [6, 6.07) is 8.27. The highest BCUT2D eigenvalue weighted by atomic mass is 32.1. The van der Waals surface area contributed by atoms with E-state index in [4.69, 9.17) is 5.26 Å². The van der Waals surface area contributed by atoms with Gasteiger partial charge in [-0.1, -0.05) is 23.5 Å². The number of nitrogens with zero attached hydrogens (tertiary/aromatic N) is 4. The van der Waals surface area contributed by atoms with Crippen molar-refractivity contribution in [3.8, 4) is 16.6 Å². The number of rotatable bonds is 1. The van der Waals surface area contributed by atoms with Crippen LogP contribution in [0.1, 0.15) is 11.4 Å². The van der Waals surface area contributed by atoms with Gasteiger partial charge in [0.1, 0.15) is 16.9 Å². The van der Waals surface area contributed by atoms with E-state index < -0.39 is 0 Å². The number of aryl methyl sites for hydroxylation is 1. The Labute approximate surface area is 106 Å². The molecule has 0 atom stereocenters. The van der Waals surface area contributed by atoms with Crippen LogP contribution in [0.15, 0.2) is 24.3 Å². The maximum Gasteiger partial charge on any atom is 0.213 e. The van der Waals surface area contributed by atoms with Gasteiger partial charge in [-0.05, 0) is 19.1 Å². The topological polar surface area (TPSA) is 54.0 Å². The van der Waals surface area contributed by atoms with Crippen molar-refractivity contribution in [2.24, 2.45) is 0 Å². The molecule has 2 heterocycles. The SMILES string of the molecule is Cc1nc2sc(-c3cccc(F)c3)nn2c1C#N. The van der Waals surface area contributed by atoms with Crippen molar-refractivity contribution in [2.75, 3.05) is 0 Å². The highest BCUT2D eigenvalue weighted by Gasteiger charge is 2.14. The molecular formula is C12H7FN4S. The van der Waals surface area contributed by atoms with Crippen LogP contribution in [0.25, 0.3) is 15.5 Å². The van der Waals surface area contributed by atoms with Crippen molar-refractivity contribution >= 4 is 16.3 Å². The molecule has 0 aliphatic carbocycles. The summed E-state index contributed by atoms with van der Waals surface area (Å²) in [5.41, 5.74) is 1.76. The van der Waals surface area contributed by atoms with Crippen LogP contribution in [0.2, 0.25) is 0 Å². The quantitative estimate of drug-likeness (QED) is 0.674. The van der Waals surface area contributed by atoms with Crippen molar-refractivity contribution in [3.63, 3.8) is 0 Å². The Hall–Kier alpha value is -2.26. The second-order valence-corrected chi connectivity index (χ2v) is 4.73. The maximum absolute atomic E-state index is 13.1. The van der Waals surface area contributed by atoms with Crippen LogP contribution in [0.3, 0.4) is 0 Å². The van der Waals surface area contributed by atoms with E-state index in [0.29, 0.717) is 26.9 Å². The zero-order valence-electron chi connectivity index (χ0n) is 9.38. The summed E-state index contributed by atoms with van der Waals surface area (Å²) < 4.78 is 14.6. The number of imidazole rings is 1. The van der Waals surface area contributed by atoms with Crippen LogP contribution < -0.4 is 0 Å². The van der Waals surface area contributed by atoms with Crippen LogP contribution in [0, 0.1) is 24.1 Å². The fourth-order valence-electron chi connectivity index (χ4n) is 1.72. The van der Waals surface area contributed by atoms with Gasteiger partial charge >= 0.3 is 0 Å². The Balaban J connectivity index is 2.21. The average Bonchev–Trinajstić information content (AvgIpc) is 2.85. The van der Waals surface area contributed by atoms with E-state index in [-0.39, 0.29) is 5.82 Å². The highest BCUT2D eigenvalue weighted by Crippen LogP contribution is 2.27. The zero-order valence-corrected chi connectivity index (χ0v) is 10.2. The van der Waals surface area contributed by atoms with Crippen LogP contribution >= 0.6 is 11.3 Å². The normalized spacial score (nSPS) is 10.7. The molecule has 6 heteroatoms. The van der Waals surface area contributed by atoms with E-state index in [1.807, 2.05) is 0 Å². The van der Waals surface area contributed by atoms with Gasteiger partial charge in [0, 0.05) is 5.56 Å². The van der Waals surface area contributed by atoms with Gasteiger partial charge in [0.15, 0.2) is 5.69 Å². The lowest BCUT2D eigenvalue weighted by Crippen LogP contribution is -1.90. The van der Waals surface area contributed by atoms with Crippen molar-refractivity contribution in [1.82, 2.24) is 14.6 Å². The first kappa shape index (κ1) is 10.9. The molecule has 0 radical (unpaired) electrons. The van der Waals surface area contributed by atoms with E-state index in [1.54, 1.807) is 19.1 Å². The number of aromatic nitrogens is 3. The van der Waals surface area contributed by atoms with E-state index in [9.17, 15) is 4.39 Å². The number of nitriles is 1. The molecule has 0 spiro atoms. The van der Waals surface area contributed by atoms with Gasteiger partial charge in [-0.2, -0.15) is 14.9 Å². The van der Waals surface area contributed by atoms with Crippen LogP contribution in [0.4, 0.5) is 4.39 Å². The standard InChI is InChI=1S/C12H7FN4S/c1-7-10(6-14)17-12(15-7)18-11(16-17)8-3-2-4-9(13)5-8/h2-5H,1H3. The van der Waals surface area contributed by atoms with E-state index >= 15 is 0 Å². The maximum atomic E-state index is 13.1. The van der Waals surface area contributed by atoms with Crippen molar-refractivity contribution in [2.45, 2.75) is 6.92 Å². The van der Waals surface area contributed by atoms with Gasteiger partial charge in [0.2, 0.25) is 4.96 Å². The van der Waals surface area contributed by atoms with E-state index in [2.05, 4.69) is 16.2 Å². The summed E-state index contributed by atoms with van der Waals surface area (Å²) >= 11 is 1.33. The summed E-state index contributed by atoms with van der Waals surface area (Å²) in [5, 5.41) is 14.0. The molecule has 2 aromatic heterocycles. The molecular weight excluding hydrogens is 251 g/mol. The number of fused-ring (bicyclic) bond motifs is 1. The molecule has 0 aliphatic rings. The predicted octanol–water partition coefficient (Wildman–Crippen LogP) is 2.78. The Morgan fingerprint density at radius 2 is 2.28 bits per heavy atom. The fourth-order valence-corrected chi connectivity index (χ4v) is 2.66. The number of halogens is 1. The van der Waals surface area contributed by atoms with Gasteiger partial charge in [0.05, 0.1) is 5.69 Å². The summed E-state index contributed by atoms with van der Waals surface area (Å²) in [7, 11) is 0. The molecule has 0 unspecified atom stereocenters. The van der Waals surface area contributed by atoms with Gasteiger partial charge in [-0.25, -0.2) is 9.37 Å². The molecule has 18 heavy (non-hydrogen) atoms. The van der Waals surface area contributed by atoms with Gasteiger partial charge in [-0.3, -0.25) is 0 Å². The third-order valence-electron chi connectivity index (χ3n) is 2.56. The van der Waals surface area contributed by atoms with Gasteiger partial charge in [-0.15, -0.1) is 0 Å². The zero-order chi connectivity index (χ0) is 12.7. The lowest BCUT2D eigenvalue weighted by Gasteiger charge is -1.94. The molecule has 0 fully saturated rings. The highest BCUT2D eigenvalue weighted by molar-refractivity contribution is 7.19. The third-order valence-corrected chi connectivity index (χ3v) is 3.51. The molecule has 1 aromatic carbocycles. The second kappa shape index (κ2) is 3.89. The van der Waals surface area contributed by atoms with Gasteiger partial charge in [0.25, 0.3) is 0 Å². The molecule has 4 nitrogen and oxygen atoms in total. The number of hydrogen-bond donors (Lipinski definition) is 0. The smallest absolute Gasteiger partial charge is 0.213 e. The summed E-state index contributed by atoms with van der Waals surface area (Å²) in [6.45, 7) is 1.77. The molecule has 0 saturated carbocycles. The first-order valence-corrected chi connectivity index (χ1v) is 6.03. The largest absolute Gasteiger partial charge is 0.221 e.